The number of ether oxygens (including phenoxy) is 1. The Kier molecular flexibility index (Phi) is 3.68. The van der Waals surface area contributed by atoms with E-state index in [1.54, 1.807) is 26.8 Å². The second-order valence-corrected chi connectivity index (χ2v) is 6.56. The molecule has 0 spiro atoms. The van der Waals surface area contributed by atoms with Gasteiger partial charge in [0.05, 0.1) is 11.6 Å². The lowest BCUT2D eigenvalue weighted by Gasteiger charge is -2.24. The molecule has 2 amide bonds. The minimum atomic E-state index is -0.656. The molecule has 1 atom stereocenters. The molecule has 0 bridgehead atoms. The van der Waals surface area contributed by atoms with Crippen molar-refractivity contribution in [1.29, 1.82) is 0 Å². The first kappa shape index (κ1) is 15.3. The Bertz CT molecular complexity index is 747. The quantitative estimate of drug-likeness (QED) is 0.796. The van der Waals surface area contributed by atoms with Gasteiger partial charge >= 0.3 is 6.09 Å². The van der Waals surface area contributed by atoms with Gasteiger partial charge in [-0.15, -0.1) is 0 Å². The molecule has 4 nitrogen and oxygen atoms in total. The standard InChI is InChI=1S/C19H19NO3/c1-19(2,3)23-18(22)20-15-12-8-7-11-14(15)16(17(20)21)13-9-5-4-6-10-13/h4-12,16H,1-3H3/t16-/m0/s1. The lowest BCUT2D eigenvalue weighted by atomic mass is 9.93. The van der Waals surface area contributed by atoms with Crippen LogP contribution in [0.15, 0.2) is 54.6 Å². The van der Waals surface area contributed by atoms with Crippen LogP contribution in [-0.4, -0.2) is 17.6 Å². The molecule has 0 unspecified atom stereocenters. The van der Waals surface area contributed by atoms with Gasteiger partial charge in [0.25, 0.3) is 0 Å². The van der Waals surface area contributed by atoms with Crippen molar-refractivity contribution >= 4 is 17.7 Å². The van der Waals surface area contributed by atoms with Gasteiger partial charge in [0, 0.05) is 0 Å². The summed E-state index contributed by atoms with van der Waals surface area (Å²) in [6, 6.07) is 16.8. The minimum Gasteiger partial charge on any atom is -0.443 e. The van der Waals surface area contributed by atoms with E-state index in [4.69, 9.17) is 4.74 Å². The van der Waals surface area contributed by atoms with Crippen LogP contribution in [0.5, 0.6) is 0 Å². The van der Waals surface area contributed by atoms with E-state index in [-0.39, 0.29) is 5.91 Å². The molecular formula is C19H19NO3. The summed E-state index contributed by atoms with van der Waals surface area (Å²) in [7, 11) is 0. The van der Waals surface area contributed by atoms with Crippen LogP contribution in [0.2, 0.25) is 0 Å². The Labute approximate surface area is 135 Å². The third-order valence-electron chi connectivity index (χ3n) is 3.66. The number of fused-ring (bicyclic) bond motifs is 1. The van der Waals surface area contributed by atoms with Gasteiger partial charge < -0.3 is 4.74 Å². The van der Waals surface area contributed by atoms with E-state index in [0.29, 0.717) is 5.69 Å². The number of hydrogen-bond donors (Lipinski definition) is 0. The fourth-order valence-electron chi connectivity index (χ4n) is 2.78. The molecule has 0 aromatic heterocycles. The first-order valence-corrected chi connectivity index (χ1v) is 7.59. The van der Waals surface area contributed by atoms with Crippen LogP contribution in [0.3, 0.4) is 0 Å². The molecule has 4 heteroatoms. The Morgan fingerprint density at radius 2 is 1.61 bits per heavy atom. The van der Waals surface area contributed by atoms with Crippen molar-refractivity contribution in [3.63, 3.8) is 0 Å². The summed E-state index contributed by atoms with van der Waals surface area (Å²) in [4.78, 5) is 26.6. The topological polar surface area (TPSA) is 46.6 Å². The number of nitrogens with zero attached hydrogens (tertiary/aromatic N) is 1. The summed E-state index contributed by atoms with van der Waals surface area (Å²) in [5.41, 5.74) is 1.64. The van der Waals surface area contributed by atoms with Gasteiger partial charge in [-0.1, -0.05) is 48.5 Å². The van der Waals surface area contributed by atoms with Crippen molar-refractivity contribution in [2.45, 2.75) is 32.3 Å². The smallest absolute Gasteiger partial charge is 0.421 e. The third kappa shape index (κ3) is 2.84. The summed E-state index contributed by atoms with van der Waals surface area (Å²) >= 11 is 0. The highest BCUT2D eigenvalue weighted by atomic mass is 16.6. The van der Waals surface area contributed by atoms with Crippen molar-refractivity contribution in [2.24, 2.45) is 0 Å². The van der Waals surface area contributed by atoms with Gasteiger partial charge in [0.15, 0.2) is 0 Å². The molecule has 0 saturated heterocycles. The Morgan fingerprint density at radius 1 is 1.00 bits per heavy atom. The van der Waals surface area contributed by atoms with Crippen LogP contribution in [0.1, 0.15) is 37.8 Å². The van der Waals surface area contributed by atoms with Crippen LogP contribution in [0.4, 0.5) is 10.5 Å². The molecule has 0 aliphatic carbocycles. The zero-order valence-corrected chi connectivity index (χ0v) is 13.4. The first-order chi connectivity index (χ1) is 10.9. The average molecular weight is 309 g/mol. The van der Waals surface area contributed by atoms with Gasteiger partial charge in [-0.2, -0.15) is 0 Å². The molecule has 1 heterocycles. The van der Waals surface area contributed by atoms with Gasteiger partial charge in [0.1, 0.15) is 5.60 Å². The van der Waals surface area contributed by atoms with E-state index < -0.39 is 17.6 Å². The number of benzene rings is 2. The van der Waals surface area contributed by atoms with Crippen LogP contribution < -0.4 is 4.90 Å². The molecule has 23 heavy (non-hydrogen) atoms. The van der Waals surface area contributed by atoms with E-state index >= 15 is 0 Å². The first-order valence-electron chi connectivity index (χ1n) is 7.59. The second kappa shape index (κ2) is 5.54. The Hall–Kier alpha value is -2.62. The minimum absolute atomic E-state index is 0.272. The Morgan fingerprint density at radius 3 is 2.26 bits per heavy atom. The number of para-hydroxylation sites is 1. The number of rotatable bonds is 1. The van der Waals surface area contributed by atoms with E-state index in [1.165, 1.54) is 0 Å². The highest BCUT2D eigenvalue weighted by Gasteiger charge is 2.43. The number of carbonyl (C=O) groups excluding carboxylic acids is 2. The van der Waals surface area contributed by atoms with Crippen molar-refractivity contribution in [3.05, 3.63) is 65.7 Å². The summed E-state index contributed by atoms with van der Waals surface area (Å²) in [5.74, 6) is -0.744. The summed E-state index contributed by atoms with van der Waals surface area (Å²) in [5, 5.41) is 0. The molecule has 118 valence electrons. The zero-order chi connectivity index (χ0) is 16.6. The molecule has 0 radical (unpaired) electrons. The van der Waals surface area contributed by atoms with Gasteiger partial charge in [-0.3, -0.25) is 4.79 Å². The predicted molar refractivity (Wildman–Crippen MR) is 88.4 cm³/mol. The maximum absolute atomic E-state index is 12.9. The number of imide groups is 1. The normalized spacial score (nSPS) is 17.1. The molecule has 2 aromatic rings. The van der Waals surface area contributed by atoms with Crippen LogP contribution >= 0.6 is 0 Å². The molecule has 0 fully saturated rings. The van der Waals surface area contributed by atoms with Crippen molar-refractivity contribution in [3.8, 4) is 0 Å². The lowest BCUT2D eigenvalue weighted by Crippen LogP contribution is -2.39. The maximum Gasteiger partial charge on any atom is 0.421 e. The predicted octanol–water partition coefficient (Wildman–Crippen LogP) is 4.10. The fraction of sp³-hybridized carbons (Fsp3) is 0.263. The monoisotopic (exact) mass is 309 g/mol. The number of anilines is 1. The van der Waals surface area contributed by atoms with Crippen LogP contribution in [0, 0.1) is 0 Å². The van der Waals surface area contributed by atoms with E-state index in [2.05, 4.69) is 0 Å². The van der Waals surface area contributed by atoms with E-state index in [1.807, 2.05) is 48.5 Å². The number of hydrogen-bond acceptors (Lipinski definition) is 3. The number of carbonyl (C=O) groups is 2. The van der Waals surface area contributed by atoms with Crippen molar-refractivity contribution < 1.29 is 14.3 Å². The van der Waals surface area contributed by atoms with Gasteiger partial charge in [-0.05, 0) is 38.0 Å². The summed E-state index contributed by atoms with van der Waals surface area (Å²) in [6.45, 7) is 5.35. The molecule has 1 aliphatic heterocycles. The van der Waals surface area contributed by atoms with E-state index in [9.17, 15) is 9.59 Å². The molecule has 2 aromatic carbocycles. The molecule has 0 saturated carbocycles. The van der Waals surface area contributed by atoms with Crippen LogP contribution in [0.25, 0.3) is 0 Å². The summed E-state index contributed by atoms with van der Waals surface area (Å²) in [6.07, 6.45) is -0.631. The maximum atomic E-state index is 12.9. The SMILES string of the molecule is CC(C)(C)OC(=O)N1C(=O)[C@@H](c2ccccc2)c2ccccc21. The van der Waals surface area contributed by atoms with Crippen molar-refractivity contribution in [2.75, 3.05) is 4.90 Å². The largest absolute Gasteiger partial charge is 0.443 e. The Balaban J connectivity index is 2.04. The average Bonchev–Trinajstić information content (AvgIpc) is 2.78. The third-order valence-corrected chi connectivity index (χ3v) is 3.66. The van der Waals surface area contributed by atoms with Crippen molar-refractivity contribution in [1.82, 2.24) is 0 Å². The summed E-state index contributed by atoms with van der Waals surface area (Å²) < 4.78 is 5.40. The van der Waals surface area contributed by atoms with E-state index in [0.717, 1.165) is 16.0 Å². The lowest BCUT2D eigenvalue weighted by molar-refractivity contribution is -0.118. The fourth-order valence-corrected chi connectivity index (χ4v) is 2.78. The molecule has 0 N–H and O–H groups in total. The highest BCUT2D eigenvalue weighted by molar-refractivity contribution is 6.20. The van der Waals surface area contributed by atoms with Crippen LogP contribution in [-0.2, 0) is 9.53 Å². The molecular weight excluding hydrogens is 290 g/mol. The second-order valence-electron chi connectivity index (χ2n) is 6.56. The highest BCUT2D eigenvalue weighted by Crippen LogP contribution is 2.41. The zero-order valence-electron chi connectivity index (χ0n) is 13.4. The number of amides is 2. The molecule has 1 aliphatic rings. The van der Waals surface area contributed by atoms with Gasteiger partial charge in [0.2, 0.25) is 5.91 Å². The van der Waals surface area contributed by atoms with Gasteiger partial charge in [-0.25, -0.2) is 9.69 Å². The molecule has 3 rings (SSSR count).